The molecule has 0 bridgehead atoms. The van der Waals surface area contributed by atoms with Gasteiger partial charge in [-0.25, -0.2) is 4.98 Å². The molecule has 0 saturated carbocycles. The normalized spacial score (nSPS) is 11.1. The zero-order valence-corrected chi connectivity index (χ0v) is 9.11. The summed E-state index contributed by atoms with van der Waals surface area (Å²) in [5.41, 5.74) is 5.57. The van der Waals surface area contributed by atoms with Gasteiger partial charge in [0, 0.05) is 25.5 Å². The van der Waals surface area contributed by atoms with Crippen molar-refractivity contribution in [3.05, 3.63) is 18.2 Å². The first-order valence-electron chi connectivity index (χ1n) is 5.24. The Balaban J connectivity index is 2.44. The largest absolute Gasteiger partial charge is 0.333 e. The number of nitrogens with zero attached hydrogens (tertiary/aromatic N) is 3. The molecule has 0 fully saturated rings. The highest BCUT2D eigenvalue weighted by atomic mass is 15.2. The lowest BCUT2D eigenvalue weighted by Crippen LogP contribution is -2.27. The van der Waals surface area contributed by atoms with Crippen LogP contribution in [0.25, 0.3) is 0 Å². The van der Waals surface area contributed by atoms with E-state index in [2.05, 4.69) is 28.3 Å². The smallest absolute Gasteiger partial charge is 0.122 e. The summed E-state index contributed by atoms with van der Waals surface area (Å²) in [5.74, 6) is 0.970. The second-order valence-electron chi connectivity index (χ2n) is 3.27. The molecule has 1 heterocycles. The molecule has 1 aromatic rings. The zero-order valence-electron chi connectivity index (χ0n) is 9.11. The van der Waals surface area contributed by atoms with E-state index in [0.29, 0.717) is 6.54 Å². The Kier molecular flexibility index (Phi) is 4.62. The van der Waals surface area contributed by atoms with Crippen LogP contribution in [0.4, 0.5) is 0 Å². The Morgan fingerprint density at radius 1 is 1.43 bits per heavy atom. The molecule has 0 aliphatic rings. The first-order chi connectivity index (χ1) is 6.81. The number of hydrogen-bond acceptors (Lipinski definition) is 3. The molecule has 4 heteroatoms. The van der Waals surface area contributed by atoms with E-state index in [-0.39, 0.29) is 0 Å². The van der Waals surface area contributed by atoms with Gasteiger partial charge in [0.2, 0.25) is 0 Å². The molecule has 0 aliphatic heterocycles. The van der Waals surface area contributed by atoms with Crippen LogP contribution < -0.4 is 5.73 Å². The van der Waals surface area contributed by atoms with Gasteiger partial charge in [-0.2, -0.15) is 0 Å². The average Bonchev–Trinajstić information content (AvgIpc) is 2.67. The van der Waals surface area contributed by atoms with Crippen molar-refractivity contribution in [2.24, 2.45) is 5.73 Å². The summed E-state index contributed by atoms with van der Waals surface area (Å²) in [6.07, 6.45) is 3.80. The van der Waals surface area contributed by atoms with E-state index in [1.165, 1.54) is 0 Å². The predicted molar refractivity (Wildman–Crippen MR) is 57.9 cm³/mol. The number of likely N-dealkylation sites (N-methyl/N-ethyl adjacent to an activating group) is 1. The first-order valence-corrected chi connectivity index (χ1v) is 5.24. The van der Waals surface area contributed by atoms with E-state index < -0.39 is 0 Å². The van der Waals surface area contributed by atoms with E-state index in [1.54, 1.807) is 0 Å². The van der Waals surface area contributed by atoms with Crippen molar-refractivity contribution in [1.82, 2.24) is 14.5 Å². The fourth-order valence-electron chi connectivity index (χ4n) is 1.52. The van der Waals surface area contributed by atoms with Crippen LogP contribution in [0, 0.1) is 0 Å². The predicted octanol–water partition coefficient (Wildman–Crippen LogP) is 0.684. The molecule has 1 rings (SSSR count). The van der Waals surface area contributed by atoms with Crippen LogP contribution in [0.15, 0.2) is 12.4 Å². The van der Waals surface area contributed by atoms with Gasteiger partial charge in [0.15, 0.2) is 0 Å². The molecule has 0 unspecified atom stereocenters. The van der Waals surface area contributed by atoms with Crippen molar-refractivity contribution in [2.45, 2.75) is 26.9 Å². The van der Waals surface area contributed by atoms with Crippen molar-refractivity contribution < 1.29 is 0 Å². The van der Waals surface area contributed by atoms with Gasteiger partial charge in [-0.05, 0) is 13.1 Å². The van der Waals surface area contributed by atoms with E-state index in [1.807, 2.05) is 12.4 Å². The molecule has 14 heavy (non-hydrogen) atoms. The minimum absolute atomic E-state index is 0.519. The third-order valence-electron chi connectivity index (χ3n) is 2.54. The van der Waals surface area contributed by atoms with Crippen LogP contribution in [0.1, 0.15) is 19.7 Å². The number of aromatic nitrogens is 2. The quantitative estimate of drug-likeness (QED) is 0.728. The average molecular weight is 196 g/mol. The van der Waals surface area contributed by atoms with Gasteiger partial charge in [-0.3, -0.25) is 0 Å². The van der Waals surface area contributed by atoms with Crippen molar-refractivity contribution in [2.75, 3.05) is 19.6 Å². The highest BCUT2D eigenvalue weighted by molar-refractivity contribution is 4.91. The molecule has 0 aromatic carbocycles. The van der Waals surface area contributed by atoms with Crippen molar-refractivity contribution in [1.29, 1.82) is 0 Å². The summed E-state index contributed by atoms with van der Waals surface area (Å²) in [6.45, 7) is 9.13. The molecule has 4 nitrogen and oxygen atoms in total. The van der Waals surface area contributed by atoms with Gasteiger partial charge in [0.1, 0.15) is 5.82 Å². The maximum Gasteiger partial charge on any atom is 0.122 e. The molecule has 0 radical (unpaired) electrons. The molecule has 80 valence electrons. The maximum absolute atomic E-state index is 5.57. The molecule has 2 N–H and O–H groups in total. The lowest BCUT2D eigenvalue weighted by Gasteiger charge is -2.18. The second kappa shape index (κ2) is 5.78. The molecule has 1 aromatic heterocycles. The monoisotopic (exact) mass is 196 g/mol. The van der Waals surface area contributed by atoms with Crippen LogP contribution >= 0.6 is 0 Å². The van der Waals surface area contributed by atoms with Crippen molar-refractivity contribution in [3.8, 4) is 0 Å². The third-order valence-corrected chi connectivity index (χ3v) is 2.54. The van der Waals surface area contributed by atoms with Crippen LogP contribution in [-0.2, 0) is 13.1 Å². The van der Waals surface area contributed by atoms with Crippen LogP contribution in [0.5, 0.6) is 0 Å². The first kappa shape index (κ1) is 11.2. The molecular formula is C10H20N4. The minimum Gasteiger partial charge on any atom is -0.333 e. The van der Waals surface area contributed by atoms with Crippen LogP contribution in [0.3, 0.4) is 0 Å². The van der Waals surface area contributed by atoms with Gasteiger partial charge in [-0.15, -0.1) is 0 Å². The van der Waals surface area contributed by atoms with Gasteiger partial charge in [0.25, 0.3) is 0 Å². The maximum atomic E-state index is 5.57. The van der Waals surface area contributed by atoms with Gasteiger partial charge in [-0.1, -0.05) is 13.8 Å². The summed E-state index contributed by atoms with van der Waals surface area (Å²) < 4.78 is 2.12. The Morgan fingerprint density at radius 3 is 2.71 bits per heavy atom. The lowest BCUT2D eigenvalue weighted by atomic mass is 10.4. The van der Waals surface area contributed by atoms with E-state index >= 15 is 0 Å². The zero-order chi connectivity index (χ0) is 10.4. The number of nitrogens with two attached hydrogens (primary N) is 1. The van der Waals surface area contributed by atoms with Gasteiger partial charge >= 0.3 is 0 Å². The molecule has 0 spiro atoms. The summed E-state index contributed by atoms with van der Waals surface area (Å²) in [7, 11) is 0. The fraction of sp³-hybridized carbons (Fsp3) is 0.700. The second-order valence-corrected chi connectivity index (χ2v) is 3.27. The molecular weight excluding hydrogens is 176 g/mol. The van der Waals surface area contributed by atoms with E-state index in [4.69, 9.17) is 5.73 Å². The molecule has 0 saturated heterocycles. The highest BCUT2D eigenvalue weighted by Crippen LogP contribution is 1.97. The van der Waals surface area contributed by atoms with E-state index in [0.717, 1.165) is 32.0 Å². The summed E-state index contributed by atoms with van der Waals surface area (Å²) in [4.78, 5) is 6.57. The number of imidazole rings is 1. The Bertz CT molecular complexity index is 252. The van der Waals surface area contributed by atoms with Crippen LogP contribution in [0.2, 0.25) is 0 Å². The standard InChI is InChI=1S/C10H20N4/c1-3-13(4-2)7-8-14-6-5-12-10(14)9-11/h5-6H,3-4,7-9,11H2,1-2H3. The Hall–Kier alpha value is -0.870. The van der Waals surface area contributed by atoms with Crippen LogP contribution in [-0.4, -0.2) is 34.1 Å². The Labute approximate surface area is 85.7 Å². The fourth-order valence-corrected chi connectivity index (χ4v) is 1.52. The molecule has 0 atom stereocenters. The third kappa shape index (κ3) is 2.82. The minimum atomic E-state index is 0.519. The van der Waals surface area contributed by atoms with Gasteiger partial charge < -0.3 is 15.2 Å². The van der Waals surface area contributed by atoms with Crippen molar-refractivity contribution >= 4 is 0 Å². The SMILES string of the molecule is CCN(CC)CCn1ccnc1CN. The summed E-state index contributed by atoms with van der Waals surface area (Å²) in [5, 5.41) is 0. The molecule has 0 amide bonds. The topological polar surface area (TPSA) is 47.1 Å². The van der Waals surface area contributed by atoms with E-state index in [9.17, 15) is 0 Å². The van der Waals surface area contributed by atoms with Gasteiger partial charge in [0.05, 0.1) is 6.54 Å². The number of rotatable bonds is 6. The van der Waals surface area contributed by atoms with Crippen molar-refractivity contribution in [3.63, 3.8) is 0 Å². The summed E-state index contributed by atoms with van der Waals surface area (Å²) in [6, 6.07) is 0. The highest BCUT2D eigenvalue weighted by Gasteiger charge is 2.02. The molecule has 0 aliphatic carbocycles. The Morgan fingerprint density at radius 2 is 2.14 bits per heavy atom. The summed E-state index contributed by atoms with van der Waals surface area (Å²) >= 11 is 0. The number of hydrogen-bond donors (Lipinski definition) is 1. The lowest BCUT2D eigenvalue weighted by molar-refractivity contribution is 0.289.